The summed E-state index contributed by atoms with van der Waals surface area (Å²) in [6.07, 6.45) is 1.42. The molecular weight excluding hydrogens is 496 g/mol. The maximum absolute atomic E-state index is 12.5. The van der Waals surface area contributed by atoms with Crippen LogP contribution in [0.15, 0.2) is 70.2 Å². The minimum atomic E-state index is -0.475. The summed E-state index contributed by atoms with van der Waals surface area (Å²) in [5.74, 6) is 0.406. The summed E-state index contributed by atoms with van der Waals surface area (Å²) in [6, 6.07) is 18.3. The summed E-state index contributed by atoms with van der Waals surface area (Å²) in [6.45, 7) is 7.85. The zero-order valence-electron chi connectivity index (χ0n) is 19.6. The molecule has 0 heterocycles. The number of hydrogen-bond acceptors (Lipinski definition) is 5. The van der Waals surface area contributed by atoms with Gasteiger partial charge in [0.05, 0.1) is 11.8 Å². The van der Waals surface area contributed by atoms with Crippen molar-refractivity contribution in [2.24, 2.45) is 5.10 Å². The fourth-order valence-corrected chi connectivity index (χ4v) is 3.62. The Morgan fingerprint density at radius 1 is 1.00 bits per heavy atom. The fourth-order valence-electron chi connectivity index (χ4n) is 3.24. The maximum Gasteiger partial charge on any atom is 0.343 e. The summed E-state index contributed by atoms with van der Waals surface area (Å²) < 4.78 is 12.1. The number of nitrogens with zero attached hydrogens (tertiary/aromatic N) is 1. The quantitative estimate of drug-likeness (QED) is 0.172. The number of hydrazone groups is 1. The molecule has 3 aromatic carbocycles. The third-order valence-corrected chi connectivity index (χ3v) is 5.46. The molecule has 3 aromatic rings. The summed E-state index contributed by atoms with van der Waals surface area (Å²) in [7, 11) is 0. The molecule has 0 bridgehead atoms. The van der Waals surface area contributed by atoms with Crippen LogP contribution in [0.5, 0.6) is 11.5 Å². The normalized spacial score (nSPS) is 11.0. The van der Waals surface area contributed by atoms with Gasteiger partial charge >= 0.3 is 5.97 Å². The number of halogens is 1. The summed E-state index contributed by atoms with van der Waals surface area (Å²) in [5.41, 5.74) is 6.49. The van der Waals surface area contributed by atoms with E-state index in [1.165, 1.54) is 6.21 Å². The van der Waals surface area contributed by atoms with Gasteiger partial charge in [0, 0.05) is 10.0 Å². The van der Waals surface area contributed by atoms with Crippen molar-refractivity contribution >= 4 is 34.0 Å². The Labute approximate surface area is 208 Å². The van der Waals surface area contributed by atoms with Gasteiger partial charge in [-0.3, -0.25) is 4.79 Å². The lowest BCUT2D eigenvalue weighted by Crippen LogP contribution is -2.25. The van der Waals surface area contributed by atoms with Crippen LogP contribution < -0.4 is 14.9 Å². The van der Waals surface area contributed by atoms with Crippen molar-refractivity contribution in [3.05, 3.63) is 93.0 Å². The van der Waals surface area contributed by atoms with Gasteiger partial charge in [-0.1, -0.05) is 59.6 Å². The van der Waals surface area contributed by atoms with Crippen LogP contribution in [0.1, 0.15) is 52.4 Å². The SMILES string of the molecule is Cc1cccc(C(=O)Oc2ccc(Br)cc2/C=N/NC(=O)COc2cc(C)ccc2C(C)C)c1. The second-order valence-electron chi connectivity index (χ2n) is 8.22. The molecule has 0 fully saturated rings. The predicted molar refractivity (Wildman–Crippen MR) is 137 cm³/mol. The van der Waals surface area contributed by atoms with Crippen LogP contribution in [0.4, 0.5) is 0 Å². The average molecular weight is 523 g/mol. The largest absolute Gasteiger partial charge is 0.483 e. The number of nitrogens with one attached hydrogen (secondary N) is 1. The second-order valence-corrected chi connectivity index (χ2v) is 9.13. The van der Waals surface area contributed by atoms with Crippen LogP contribution in [-0.4, -0.2) is 24.7 Å². The number of aryl methyl sites for hydroxylation is 2. The molecule has 0 saturated heterocycles. The minimum absolute atomic E-state index is 0.172. The molecule has 176 valence electrons. The van der Waals surface area contributed by atoms with E-state index in [9.17, 15) is 9.59 Å². The molecule has 0 saturated carbocycles. The van der Waals surface area contributed by atoms with Crippen LogP contribution in [0.2, 0.25) is 0 Å². The van der Waals surface area contributed by atoms with E-state index in [1.807, 2.05) is 38.1 Å². The van der Waals surface area contributed by atoms with E-state index >= 15 is 0 Å². The first kappa shape index (κ1) is 25.2. The van der Waals surface area contributed by atoms with Gasteiger partial charge in [0.2, 0.25) is 0 Å². The molecule has 0 aliphatic carbocycles. The first-order valence-electron chi connectivity index (χ1n) is 10.9. The van der Waals surface area contributed by atoms with E-state index in [0.29, 0.717) is 22.6 Å². The zero-order chi connectivity index (χ0) is 24.7. The molecule has 1 amide bonds. The van der Waals surface area contributed by atoms with Gasteiger partial charge in [-0.05, 0) is 67.3 Å². The molecule has 0 radical (unpaired) electrons. The fraction of sp³-hybridized carbons (Fsp3) is 0.222. The highest BCUT2D eigenvalue weighted by atomic mass is 79.9. The van der Waals surface area contributed by atoms with Gasteiger partial charge in [-0.25, -0.2) is 10.2 Å². The van der Waals surface area contributed by atoms with Crippen LogP contribution in [0, 0.1) is 13.8 Å². The molecule has 0 aliphatic heterocycles. The Morgan fingerprint density at radius 3 is 2.50 bits per heavy atom. The van der Waals surface area contributed by atoms with Crippen LogP contribution in [0.3, 0.4) is 0 Å². The Balaban J connectivity index is 1.64. The Bertz CT molecular complexity index is 1220. The summed E-state index contributed by atoms with van der Waals surface area (Å²) in [5, 5.41) is 4.01. The van der Waals surface area contributed by atoms with E-state index < -0.39 is 11.9 Å². The van der Waals surface area contributed by atoms with Crippen molar-refractivity contribution in [2.75, 3.05) is 6.61 Å². The molecule has 6 nitrogen and oxygen atoms in total. The van der Waals surface area contributed by atoms with Crippen molar-refractivity contribution in [3.63, 3.8) is 0 Å². The van der Waals surface area contributed by atoms with E-state index in [0.717, 1.165) is 21.2 Å². The molecule has 7 heteroatoms. The van der Waals surface area contributed by atoms with Crippen LogP contribution in [-0.2, 0) is 4.79 Å². The zero-order valence-corrected chi connectivity index (χ0v) is 21.2. The van der Waals surface area contributed by atoms with Crippen molar-refractivity contribution in [1.82, 2.24) is 5.43 Å². The predicted octanol–water partition coefficient (Wildman–Crippen LogP) is 5.94. The Morgan fingerprint density at radius 2 is 1.76 bits per heavy atom. The number of carbonyl (C=O) groups excluding carboxylic acids is 2. The summed E-state index contributed by atoms with van der Waals surface area (Å²) in [4.78, 5) is 24.8. The van der Waals surface area contributed by atoms with Crippen molar-refractivity contribution in [2.45, 2.75) is 33.6 Å². The monoisotopic (exact) mass is 522 g/mol. The van der Waals surface area contributed by atoms with E-state index in [4.69, 9.17) is 9.47 Å². The molecule has 1 N–H and O–H groups in total. The van der Waals surface area contributed by atoms with Crippen molar-refractivity contribution in [1.29, 1.82) is 0 Å². The molecule has 0 unspecified atom stereocenters. The molecule has 0 spiro atoms. The van der Waals surface area contributed by atoms with Crippen LogP contribution >= 0.6 is 15.9 Å². The molecular formula is C27H27BrN2O4. The first-order chi connectivity index (χ1) is 16.2. The third-order valence-electron chi connectivity index (χ3n) is 4.97. The Kier molecular flexibility index (Phi) is 8.60. The number of esters is 1. The molecule has 3 rings (SSSR count). The number of ether oxygens (including phenoxy) is 2. The molecule has 0 aliphatic rings. The highest BCUT2D eigenvalue weighted by molar-refractivity contribution is 9.10. The lowest BCUT2D eigenvalue weighted by atomic mass is 10.0. The first-order valence-corrected chi connectivity index (χ1v) is 11.7. The van der Waals surface area contributed by atoms with E-state index in [-0.39, 0.29) is 12.5 Å². The smallest absolute Gasteiger partial charge is 0.343 e. The number of rotatable bonds is 8. The standard InChI is InChI=1S/C27H27BrN2O4/c1-17(2)23-10-8-19(4)13-25(23)33-16-26(31)30-29-15-21-14-22(28)9-11-24(21)34-27(32)20-7-5-6-18(3)12-20/h5-15,17H,16H2,1-4H3,(H,30,31)/b29-15+. The van der Waals surface area contributed by atoms with Crippen LogP contribution in [0.25, 0.3) is 0 Å². The lowest BCUT2D eigenvalue weighted by molar-refractivity contribution is -0.123. The average Bonchev–Trinajstić information content (AvgIpc) is 2.79. The van der Waals surface area contributed by atoms with Gasteiger partial charge < -0.3 is 9.47 Å². The van der Waals surface area contributed by atoms with Gasteiger partial charge in [0.15, 0.2) is 6.61 Å². The summed E-state index contributed by atoms with van der Waals surface area (Å²) >= 11 is 3.40. The van der Waals surface area contributed by atoms with Gasteiger partial charge in [-0.15, -0.1) is 0 Å². The highest BCUT2D eigenvalue weighted by Gasteiger charge is 2.13. The topological polar surface area (TPSA) is 77.0 Å². The number of benzene rings is 3. The number of amides is 1. The van der Waals surface area contributed by atoms with E-state index in [1.54, 1.807) is 36.4 Å². The highest BCUT2D eigenvalue weighted by Crippen LogP contribution is 2.27. The Hall–Kier alpha value is -3.45. The van der Waals surface area contributed by atoms with Gasteiger partial charge in [0.25, 0.3) is 5.91 Å². The second kappa shape index (κ2) is 11.6. The molecule has 0 aromatic heterocycles. The lowest BCUT2D eigenvalue weighted by Gasteiger charge is -2.14. The minimum Gasteiger partial charge on any atom is -0.483 e. The van der Waals surface area contributed by atoms with Crippen molar-refractivity contribution in [3.8, 4) is 11.5 Å². The third kappa shape index (κ3) is 7.02. The number of carbonyl (C=O) groups is 2. The van der Waals surface area contributed by atoms with Gasteiger partial charge in [0.1, 0.15) is 11.5 Å². The maximum atomic E-state index is 12.5. The number of hydrogen-bond donors (Lipinski definition) is 1. The molecule has 34 heavy (non-hydrogen) atoms. The van der Waals surface area contributed by atoms with E-state index in [2.05, 4.69) is 40.3 Å². The molecule has 0 atom stereocenters. The van der Waals surface area contributed by atoms with Gasteiger partial charge in [-0.2, -0.15) is 5.10 Å². The van der Waals surface area contributed by atoms with Crippen molar-refractivity contribution < 1.29 is 19.1 Å².